The Morgan fingerprint density at radius 2 is 1.44 bits per heavy atom. The normalized spacial score (nSPS) is 32.9. The van der Waals surface area contributed by atoms with Gasteiger partial charge in [0.2, 0.25) is 0 Å². The Morgan fingerprint density at radius 1 is 0.824 bits per heavy atom. The fourth-order valence-electron chi connectivity index (χ4n) is 6.86. The maximum absolute atomic E-state index is 12.9. The van der Waals surface area contributed by atoms with Crippen LogP contribution in [0.3, 0.4) is 0 Å². The number of carbonyl (C=O) groups is 2. The summed E-state index contributed by atoms with van der Waals surface area (Å²) in [5.74, 6) is 2.47. The molecule has 1 saturated heterocycles. The van der Waals surface area contributed by atoms with E-state index in [4.69, 9.17) is 0 Å². The molecular weight excluding hydrogens is 428 g/mol. The van der Waals surface area contributed by atoms with Crippen molar-refractivity contribution in [3.63, 3.8) is 0 Å². The van der Waals surface area contributed by atoms with Crippen LogP contribution in [0.5, 0.6) is 0 Å². The van der Waals surface area contributed by atoms with Crippen molar-refractivity contribution in [1.29, 1.82) is 0 Å². The number of aliphatic hydroxyl groups is 2. The number of rotatable bonds is 9. The maximum Gasteiger partial charge on any atom is 0.155 e. The van der Waals surface area contributed by atoms with E-state index >= 15 is 0 Å². The molecule has 0 spiro atoms. The third-order valence-corrected chi connectivity index (χ3v) is 9.11. The molecule has 0 bridgehead atoms. The Labute approximate surface area is 205 Å². The molecule has 0 amide bonds. The SMILES string of the molecule is O=C(CN1CC=CC=C1CO)C1CCC(C2CCC(C(=O)CN3CCCCC3CO)CC2)CC1. The van der Waals surface area contributed by atoms with E-state index in [1.165, 1.54) is 0 Å². The summed E-state index contributed by atoms with van der Waals surface area (Å²) in [5, 5.41) is 19.2. The highest BCUT2D eigenvalue weighted by Gasteiger charge is 2.35. The molecule has 0 aromatic heterocycles. The van der Waals surface area contributed by atoms with Crippen LogP contribution in [0, 0.1) is 23.7 Å². The van der Waals surface area contributed by atoms with Gasteiger partial charge in [0, 0.05) is 30.1 Å². The minimum absolute atomic E-state index is 0.0183. The van der Waals surface area contributed by atoms with E-state index in [9.17, 15) is 19.8 Å². The average Bonchev–Trinajstić information content (AvgIpc) is 2.89. The van der Waals surface area contributed by atoms with Crippen LogP contribution in [0.25, 0.3) is 0 Å². The van der Waals surface area contributed by atoms with Gasteiger partial charge in [-0.2, -0.15) is 0 Å². The van der Waals surface area contributed by atoms with Crippen LogP contribution < -0.4 is 0 Å². The second kappa shape index (κ2) is 12.5. The molecular formula is C28H44N2O4. The number of nitrogens with zero attached hydrogens (tertiary/aromatic N) is 2. The minimum Gasteiger partial charge on any atom is -0.395 e. The lowest BCUT2D eigenvalue weighted by Crippen LogP contribution is -2.46. The van der Waals surface area contributed by atoms with E-state index < -0.39 is 0 Å². The summed E-state index contributed by atoms with van der Waals surface area (Å²) in [5.41, 5.74) is 0.836. The quantitative estimate of drug-likeness (QED) is 0.536. The van der Waals surface area contributed by atoms with Gasteiger partial charge in [-0.05, 0) is 88.7 Å². The standard InChI is InChI=1S/C28H44N2O4/c31-19-25-5-1-3-15-29(25)17-27(33)23-11-7-21(8-12-23)22-9-13-24(14-10-22)28(34)18-30-16-4-2-6-26(30)20-32/h1,3,5,21-24,26,31-32H,2,4,6-20H2. The number of hydrogen-bond acceptors (Lipinski definition) is 6. The van der Waals surface area contributed by atoms with Crippen molar-refractivity contribution in [2.45, 2.75) is 76.7 Å². The molecule has 1 unspecified atom stereocenters. The highest BCUT2D eigenvalue weighted by molar-refractivity contribution is 5.83. The summed E-state index contributed by atoms with van der Waals surface area (Å²) in [6.45, 7) is 2.73. The summed E-state index contributed by atoms with van der Waals surface area (Å²) < 4.78 is 0. The number of ketones is 2. The largest absolute Gasteiger partial charge is 0.395 e. The van der Waals surface area contributed by atoms with Gasteiger partial charge in [-0.1, -0.05) is 18.6 Å². The zero-order valence-electron chi connectivity index (χ0n) is 20.7. The van der Waals surface area contributed by atoms with Gasteiger partial charge < -0.3 is 15.1 Å². The van der Waals surface area contributed by atoms with Crippen LogP contribution in [0.4, 0.5) is 0 Å². The average molecular weight is 473 g/mol. The van der Waals surface area contributed by atoms with Gasteiger partial charge >= 0.3 is 0 Å². The first-order valence-corrected chi connectivity index (χ1v) is 13.7. The first-order chi connectivity index (χ1) is 16.6. The zero-order valence-corrected chi connectivity index (χ0v) is 20.7. The fourth-order valence-corrected chi connectivity index (χ4v) is 6.86. The van der Waals surface area contributed by atoms with Gasteiger partial charge in [0.25, 0.3) is 0 Å². The van der Waals surface area contributed by atoms with Crippen LogP contribution in [0.2, 0.25) is 0 Å². The fraction of sp³-hybridized carbons (Fsp3) is 0.786. The molecule has 2 heterocycles. The molecule has 34 heavy (non-hydrogen) atoms. The van der Waals surface area contributed by atoms with Gasteiger partial charge in [0.05, 0.1) is 26.3 Å². The number of aliphatic hydroxyl groups excluding tert-OH is 2. The number of piperidine rings is 1. The van der Waals surface area contributed by atoms with Crippen LogP contribution in [0.1, 0.15) is 70.6 Å². The second-order valence-corrected chi connectivity index (χ2v) is 11.1. The zero-order chi connectivity index (χ0) is 23.9. The van der Waals surface area contributed by atoms with Gasteiger partial charge in [-0.15, -0.1) is 0 Å². The van der Waals surface area contributed by atoms with Crippen molar-refractivity contribution in [1.82, 2.24) is 9.80 Å². The summed E-state index contributed by atoms with van der Waals surface area (Å²) >= 11 is 0. The number of hydrogen-bond donors (Lipinski definition) is 2. The van der Waals surface area contributed by atoms with Crippen LogP contribution in [0.15, 0.2) is 23.9 Å². The molecule has 4 aliphatic rings. The summed E-state index contributed by atoms with van der Waals surface area (Å²) in [6, 6.07) is 0.171. The molecule has 2 aliphatic heterocycles. The molecule has 6 nitrogen and oxygen atoms in total. The Bertz CT molecular complexity index is 748. The van der Waals surface area contributed by atoms with Crippen LogP contribution >= 0.6 is 0 Å². The van der Waals surface area contributed by atoms with Crippen LogP contribution in [-0.2, 0) is 9.59 Å². The van der Waals surface area contributed by atoms with Crippen molar-refractivity contribution >= 4 is 11.6 Å². The first kappa shape index (κ1) is 25.6. The topological polar surface area (TPSA) is 81.1 Å². The van der Waals surface area contributed by atoms with E-state index in [0.29, 0.717) is 43.0 Å². The molecule has 2 aliphatic carbocycles. The molecule has 6 heteroatoms. The summed E-state index contributed by atoms with van der Waals surface area (Å²) in [4.78, 5) is 30.1. The molecule has 2 N–H and O–H groups in total. The van der Waals surface area contributed by atoms with Gasteiger partial charge in [-0.25, -0.2) is 0 Å². The van der Waals surface area contributed by atoms with Gasteiger partial charge in [0.15, 0.2) is 5.78 Å². The van der Waals surface area contributed by atoms with E-state index in [-0.39, 0.29) is 31.1 Å². The highest BCUT2D eigenvalue weighted by atomic mass is 16.3. The Morgan fingerprint density at radius 3 is 2.03 bits per heavy atom. The Balaban J connectivity index is 1.17. The number of likely N-dealkylation sites (tertiary alicyclic amines) is 1. The first-order valence-electron chi connectivity index (χ1n) is 13.7. The lowest BCUT2D eigenvalue weighted by Gasteiger charge is -2.39. The van der Waals surface area contributed by atoms with Crippen molar-refractivity contribution in [2.75, 3.05) is 39.4 Å². The van der Waals surface area contributed by atoms with Crippen LogP contribution in [-0.4, -0.2) is 77.0 Å². The molecule has 190 valence electrons. The monoisotopic (exact) mass is 472 g/mol. The van der Waals surface area contributed by atoms with Crippen molar-refractivity contribution in [2.24, 2.45) is 23.7 Å². The number of allylic oxidation sites excluding steroid dienone is 2. The summed E-state index contributed by atoms with van der Waals surface area (Å²) in [6.07, 6.45) is 17.7. The third kappa shape index (κ3) is 6.38. The van der Waals surface area contributed by atoms with Gasteiger partial charge in [-0.3, -0.25) is 14.5 Å². The van der Waals surface area contributed by atoms with Crippen molar-refractivity contribution < 1.29 is 19.8 Å². The molecule has 3 fully saturated rings. The highest BCUT2D eigenvalue weighted by Crippen LogP contribution is 2.42. The molecule has 4 rings (SSSR count). The third-order valence-electron chi connectivity index (χ3n) is 9.11. The predicted octanol–water partition coefficient (Wildman–Crippen LogP) is 3.33. The number of Topliss-reactive ketones (excluding diaryl/α,β-unsaturated/α-hetero) is 2. The minimum atomic E-state index is -0.0183. The molecule has 0 radical (unpaired) electrons. The smallest absolute Gasteiger partial charge is 0.155 e. The summed E-state index contributed by atoms with van der Waals surface area (Å²) in [7, 11) is 0. The molecule has 1 atom stereocenters. The van der Waals surface area contributed by atoms with E-state index in [1.54, 1.807) is 0 Å². The maximum atomic E-state index is 12.9. The Kier molecular flexibility index (Phi) is 9.38. The van der Waals surface area contributed by atoms with E-state index in [2.05, 4.69) is 4.90 Å². The van der Waals surface area contributed by atoms with E-state index in [1.807, 2.05) is 23.1 Å². The lowest BCUT2D eigenvalue weighted by atomic mass is 9.68. The Hall–Kier alpha value is -1.50. The second-order valence-electron chi connectivity index (χ2n) is 11.1. The van der Waals surface area contributed by atoms with Crippen molar-refractivity contribution in [3.05, 3.63) is 23.9 Å². The molecule has 0 aromatic carbocycles. The molecule has 0 aromatic rings. The van der Waals surface area contributed by atoms with Crippen molar-refractivity contribution in [3.8, 4) is 0 Å². The van der Waals surface area contributed by atoms with E-state index in [0.717, 1.165) is 82.9 Å². The molecule has 2 saturated carbocycles. The lowest BCUT2D eigenvalue weighted by molar-refractivity contribution is -0.127. The number of carbonyl (C=O) groups excluding carboxylic acids is 2. The van der Waals surface area contributed by atoms with Gasteiger partial charge in [0.1, 0.15) is 5.78 Å². The predicted molar refractivity (Wildman–Crippen MR) is 133 cm³/mol.